The second-order valence-corrected chi connectivity index (χ2v) is 4.78. The van der Waals surface area contributed by atoms with E-state index in [0.717, 1.165) is 6.54 Å². The first-order valence-electron chi connectivity index (χ1n) is 4.62. The van der Waals surface area contributed by atoms with Gasteiger partial charge in [-0.05, 0) is 37.4 Å². The highest BCUT2D eigenvalue weighted by atomic mass is 32.1. The molecule has 1 aliphatic heterocycles. The molecule has 0 aliphatic carbocycles. The van der Waals surface area contributed by atoms with Crippen LogP contribution in [0.3, 0.4) is 0 Å². The molecule has 0 N–H and O–H groups in total. The van der Waals surface area contributed by atoms with Gasteiger partial charge in [-0.15, -0.1) is 11.3 Å². The van der Waals surface area contributed by atoms with Crippen LogP contribution < -0.4 is 0 Å². The van der Waals surface area contributed by atoms with E-state index in [-0.39, 0.29) is 0 Å². The Morgan fingerprint density at radius 2 is 2.46 bits per heavy atom. The van der Waals surface area contributed by atoms with Crippen molar-refractivity contribution in [1.82, 2.24) is 4.90 Å². The van der Waals surface area contributed by atoms with Crippen molar-refractivity contribution in [1.29, 1.82) is 0 Å². The van der Waals surface area contributed by atoms with E-state index in [2.05, 4.69) is 36.9 Å². The Bertz CT molecular complexity index is 327. The summed E-state index contributed by atoms with van der Waals surface area (Å²) >= 11 is 1.88. The van der Waals surface area contributed by atoms with Gasteiger partial charge in [0.1, 0.15) is 0 Å². The van der Waals surface area contributed by atoms with Crippen LogP contribution in [0.1, 0.15) is 23.4 Å². The smallest absolute Gasteiger partial charge is 0.0564 e. The second-order valence-electron chi connectivity index (χ2n) is 3.78. The van der Waals surface area contributed by atoms with Crippen LogP contribution >= 0.6 is 11.3 Å². The van der Waals surface area contributed by atoms with E-state index < -0.39 is 0 Å². The van der Waals surface area contributed by atoms with E-state index in [0.29, 0.717) is 6.04 Å². The molecule has 2 heteroatoms. The van der Waals surface area contributed by atoms with Gasteiger partial charge in [0.15, 0.2) is 0 Å². The first kappa shape index (κ1) is 8.97. The molecule has 1 unspecified atom stereocenters. The van der Waals surface area contributed by atoms with Crippen molar-refractivity contribution in [2.45, 2.75) is 19.4 Å². The molecule has 0 saturated heterocycles. The molecule has 0 aromatic carbocycles. The number of rotatable bonds is 1. The van der Waals surface area contributed by atoms with Crippen LogP contribution in [0.25, 0.3) is 0 Å². The summed E-state index contributed by atoms with van der Waals surface area (Å²) in [5.74, 6) is 0. The van der Waals surface area contributed by atoms with Crippen LogP contribution in [0, 0.1) is 0 Å². The Kier molecular flexibility index (Phi) is 2.26. The summed E-state index contributed by atoms with van der Waals surface area (Å²) in [7, 11) is 2.18. The fraction of sp³-hybridized carbons (Fsp3) is 0.455. The van der Waals surface area contributed by atoms with Gasteiger partial charge in [-0.1, -0.05) is 12.2 Å². The number of nitrogens with zero attached hydrogens (tertiary/aromatic N) is 1. The number of likely N-dealkylation sites (N-methyl/N-ethyl adjacent to an activating group) is 1. The van der Waals surface area contributed by atoms with Crippen molar-refractivity contribution >= 4 is 11.3 Å². The normalized spacial score (nSPS) is 22.8. The molecule has 0 bridgehead atoms. The second kappa shape index (κ2) is 3.28. The van der Waals surface area contributed by atoms with Crippen LogP contribution in [0.5, 0.6) is 0 Å². The lowest BCUT2D eigenvalue weighted by Crippen LogP contribution is -2.31. The molecule has 2 heterocycles. The van der Waals surface area contributed by atoms with Crippen LogP contribution in [0.4, 0.5) is 0 Å². The maximum atomic E-state index is 4.07. The van der Waals surface area contributed by atoms with Gasteiger partial charge >= 0.3 is 0 Å². The highest BCUT2D eigenvalue weighted by Crippen LogP contribution is 2.35. The van der Waals surface area contributed by atoms with Crippen LogP contribution in [-0.4, -0.2) is 18.5 Å². The van der Waals surface area contributed by atoms with Crippen molar-refractivity contribution < 1.29 is 0 Å². The third-order valence-corrected chi connectivity index (χ3v) is 3.67. The Balaban J connectivity index is 2.41. The van der Waals surface area contributed by atoms with Gasteiger partial charge in [0.2, 0.25) is 0 Å². The van der Waals surface area contributed by atoms with E-state index in [1.54, 1.807) is 4.88 Å². The summed E-state index contributed by atoms with van der Waals surface area (Å²) in [6.07, 6.45) is 1.20. The number of hydrogen-bond donors (Lipinski definition) is 0. The van der Waals surface area contributed by atoms with Crippen LogP contribution in [0.2, 0.25) is 0 Å². The fourth-order valence-corrected chi connectivity index (χ4v) is 2.99. The van der Waals surface area contributed by atoms with Gasteiger partial charge in [-0.3, -0.25) is 4.90 Å². The molecule has 0 spiro atoms. The van der Waals surface area contributed by atoms with Gasteiger partial charge in [0.05, 0.1) is 6.04 Å². The zero-order valence-electron chi connectivity index (χ0n) is 8.21. The lowest BCUT2D eigenvalue weighted by Gasteiger charge is -2.33. The average Bonchev–Trinajstić information content (AvgIpc) is 2.50. The number of thiophene rings is 1. The monoisotopic (exact) mass is 193 g/mol. The minimum Gasteiger partial charge on any atom is -0.295 e. The topological polar surface area (TPSA) is 3.24 Å². The lowest BCUT2D eigenvalue weighted by atomic mass is 9.96. The highest BCUT2D eigenvalue weighted by molar-refractivity contribution is 7.10. The van der Waals surface area contributed by atoms with E-state index in [9.17, 15) is 0 Å². The Morgan fingerprint density at radius 3 is 3.15 bits per heavy atom. The van der Waals surface area contributed by atoms with Gasteiger partial charge < -0.3 is 0 Å². The van der Waals surface area contributed by atoms with E-state index in [1.807, 2.05) is 11.3 Å². The summed E-state index contributed by atoms with van der Waals surface area (Å²) < 4.78 is 0. The Hall–Kier alpha value is -0.600. The highest BCUT2D eigenvalue weighted by Gasteiger charge is 2.25. The predicted molar refractivity (Wildman–Crippen MR) is 58.2 cm³/mol. The molecule has 1 aromatic rings. The van der Waals surface area contributed by atoms with Gasteiger partial charge in [-0.25, -0.2) is 0 Å². The third kappa shape index (κ3) is 1.45. The molecule has 13 heavy (non-hydrogen) atoms. The van der Waals surface area contributed by atoms with Gasteiger partial charge in [0, 0.05) is 11.4 Å². The maximum Gasteiger partial charge on any atom is 0.0564 e. The lowest BCUT2D eigenvalue weighted by molar-refractivity contribution is 0.264. The summed E-state index contributed by atoms with van der Waals surface area (Å²) in [6, 6.07) is 2.70. The molecule has 1 nitrogen and oxygen atoms in total. The first-order valence-corrected chi connectivity index (χ1v) is 5.50. The van der Waals surface area contributed by atoms with E-state index >= 15 is 0 Å². The quantitative estimate of drug-likeness (QED) is 0.620. The van der Waals surface area contributed by atoms with Crippen molar-refractivity contribution in [3.05, 3.63) is 34.0 Å². The molecule has 70 valence electrons. The van der Waals surface area contributed by atoms with E-state index in [1.165, 1.54) is 17.6 Å². The molecule has 1 aromatic heterocycles. The molecule has 1 atom stereocenters. The van der Waals surface area contributed by atoms with Crippen LogP contribution in [-0.2, 0) is 6.42 Å². The summed E-state index contributed by atoms with van der Waals surface area (Å²) in [6.45, 7) is 7.35. The molecule has 0 fully saturated rings. The summed E-state index contributed by atoms with van der Waals surface area (Å²) in [5.41, 5.74) is 2.73. The molecule has 0 radical (unpaired) electrons. The van der Waals surface area contributed by atoms with E-state index in [4.69, 9.17) is 0 Å². The maximum absolute atomic E-state index is 4.07. The minimum atomic E-state index is 0.454. The van der Waals surface area contributed by atoms with Crippen molar-refractivity contribution in [2.75, 3.05) is 13.6 Å². The number of fused-ring (bicyclic) bond motifs is 1. The Morgan fingerprint density at radius 1 is 1.69 bits per heavy atom. The predicted octanol–water partition coefficient (Wildman–Crippen LogP) is 2.85. The Labute approximate surface area is 83.7 Å². The first-order chi connectivity index (χ1) is 6.20. The third-order valence-electron chi connectivity index (χ3n) is 2.67. The fourth-order valence-electron chi connectivity index (χ4n) is 2.08. The van der Waals surface area contributed by atoms with Crippen molar-refractivity contribution in [2.24, 2.45) is 0 Å². The molecule has 1 aliphatic rings. The molecule has 0 amide bonds. The number of hydrogen-bond acceptors (Lipinski definition) is 2. The van der Waals surface area contributed by atoms with Gasteiger partial charge in [0.25, 0.3) is 0 Å². The average molecular weight is 193 g/mol. The minimum absolute atomic E-state index is 0.454. The van der Waals surface area contributed by atoms with Crippen molar-refractivity contribution in [3.8, 4) is 0 Å². The largest absolute Gasteiger partial charge is 0.295 e. The zero-order valence-corrected chi connectivity index (χ0v) is 9.03. The summed E-state index contributed by atoms with van der Waals surface area (Å²) in [4.78, 5) is 3.93. The zero-order chi connectivity index (χ0) is 9.42. The molecule has 2 rings (SSSR count). The van der Waals surface area contributed by atoms with Gasteiger partial charge in [-0.2, -0.15) is 0 Å². The summed E-state index contributed by atoms with van der Waals surface area (Å²) in [5, 5.41) is 2.19. The molecular weight excluding hydrogens is 178 g/mol. The molecule has 0 saturated carbocycles. The van der Waals surface area contributed by atoms with Crippen LogP contribution in [0.15, 0.2) is 23.6 Å². The van der Waals surface area contributed by atoms with Crippen molar-refractivity contribution in [3.63, 3.8) is 0 Å². The SMILES string of the molecule is C=C(C)C1c2ccsc2CCN1C. The molecular formula is C11H15NS. The standard InChI is InChI=1S/C11H15NS/c1-8(2)11-9-5-7-13-10(9)4-6-12(11)3/h5,7,11H,1,4,6H2,2-3H3.